The average Bonchev–Trinajstić information content (AvgIpc) is 4.19. The van der Waals surface area contributed by atoms with E-state index in [1.54, 1.807) is 49.6 Å². The molecule has 0 bridgehead atoms. The van der Waals surface area contributed by atoms with E-state index in [-0.39, 0.29) is 40.6 Å². The fourth-order valence-electron chi connectivity index (χ4n) is 8.50. The number of benzene rings is 4. The molecule has 6 aromatic rings. The lowest BCUT2D eigenvalue weighted by Gasteiger charge is -2.14. The predicted molar refractivity (Wildman–Crippen MR) is 280 cm³/mol. The summed E-state index contributed by atoms with van der Waals surface area (Å²) >= 11 is 15.0. The van der Waals surface area contributed by atoms with Crippen molar-refractivity contribution in [3.8, 4) is 11.5 Å². The van der Waals surface area contributed by atoms with Crippen LogP contribution in [0.1, 0.15) is 44.1 Å². The number of carbonyl (C=O) groups is 2. The van der Waals surface area contributed by atoms with Crippen LogP contribution in [0.4, 0.5) is 37.5 Å². The number of rotatable bonds is 14. The number of methoxy groups -OCH3 is 2. The molecule has 4 aliphatic rings. The lowest BCUT2D eigenvalue weighted by Crippen LogP contribution is -2.21. The van der Waals surface area contributed by atoms with Crippen molar-refractivity contribution >= 4 is 114 Å². The largest absolute Gasteiger partial charge is 0.496 e. The van der Waals surface area contributed by atoms with E-state index in [2.05, 4.69) is 62.0 Å². The van der Waals surface area contributed by atoms with Crippen molar-refractivity contribution in [2.45, 2.75) is 44.9 Å². The molecule has 19 heteroatoms. The molecule has 0 radical (unpaired) electrons. The van der Waals surface area contributed by atoms with Crippen LogP contribution in [0.2, 0.25) is 10.0 Å². The number of anilines is 5. The molecule has 2 aliphatic heterocycles. The van der Waals surface area contributed by atoms with Gasteiger partial charge in [-0.15, -0.1) is 12.4 Å². The first-order valence-corrected chi connectivity index (χ1v) is 24.5. The van der Waals surface area contributed by atoms with E-state index < -0.39 is 11.6 Å². The van der Waals surface area contributed by atoms with Crippen LogP contribution in [-0.2, 0) is 16.0 Å². The molecule has 1 amide bonds. The maximum atomic E-state index is 13.5. The van der Waals surface area contributed by atoms with Crippen LogP contribution in [0.5, 0.6) is 11.5 Å². The van der Waals surface area contributed by atoms with Gasteiger partial charge >= 0.3 is 0 Å². The van der Waals surface area contributed by atoms with Gasteiger partial charge in [0.1, 0.15) is 47.4 Å². The second-order valence-electron chi connectivity index (χ2n) is 17.7. The number of allylic oxidation sites excluding steroid dienone is 2. The number of aromatic nitrogens is 4. The number of fused-ring (bicyclic) bond motifs is 2. The molecule has 4 fully saturated rings. The van der Waals surface area contributed by atoms with Gasteiger partial charge in [0.15, 0.2) is 5.78 Å². The Balaban J connectivity index is 0.000000180. The van der Waals surface area contributed by atoms with Gasteiger partial charge in [0.25, 0.3) is 0 Å². The summed E-state index contributed by atoms with van der Waals surface area (Å²) in [6.07, 6.45) is 18.1. The molecule has 4 N–H and O–H groups in total. The van der Waals surface area contributed by atoms with Crippen molar-refractivity contribution < 1.29 is 27.8 Å². The van der Waals surface area contributed by atoms with Crippen LogP contribution in [0.15, 0.2) is 97.6 Å². The number of nitrogens with zero attached hydrogens (tertiary/aromatic N) is 5. The quantitative estimate of drug-likeness (QED) is 0.0606. The molecule has 70 heavy (non-hydrogen) atoms. The van der Waals surface area contributed by atoms with E-state index in [4.69, 9.17) is 32.7 Å². The van der Waals surface area contributed by atoms with Crippen molar-refractivity contribution in [3.63, 3.8) is 0 Å². The molecule has 2 aliphatic carbocycles. The summed E-state index contributed by atoms with van der Waals surface area (Å²) in [5.74, 6) is 0.774. The number of hydrogen-bond donors (Lipinski definition) is 4. The fourth-order valence-corrected chi connectivity index (χ4v) is 9.05. The van der Waals surface area contributed by atoms with E-state index in [0.29, 0.717) is 78.3 Å². The van der Waals surface area contributed by atoms with Crippen LogP contribution in [-0.4, -0.2) is 88.8 Å². The first-order chi connectivity index (χ1) is 33.4. The second-order valence-corrected chi connectivity index (χ2v) is 19.2. The number of amides is 1. The Bertz CT molecular complexity index is 2910. The molecule has 13 nitrogen and oxygen atoms in total. The number of hydrogen-bond acceptors (Lipinski definition) is 12. The van der Waals surface area contributed by atoms with Gasteiger partial charge in [0.05, 0.1) is 41.0 Å². The van der Waals surface area contributed by atoms with Gasteiger partial charge in [-0.05, 0) is 117 Å². The number of alkyl halides is 1. The fraction of sp³-hybridized carbons (Fsp3) is 0.333. The zero-order chi connectivity index (χ0) is 48.5. The van der Waals surface area contributed by atoms with Crippen LogP contribution in [0, 0.1) is 22.5 Å². The summed E-state index contributed by atoms with van der Waals surface area (Å²) in [6, 6.07) is 15.7. The molecule has 2 saturated heterocycles. The van der Waals surface area contributed by atoms with Crippen LogP contribution in [0.25, 0.3) is 21.8 Å². The van der Waals surface area contributed by atoms with Crippen molar-refractivity contribution in [1.29, 1.82) is 0 Å². The van der Waals surface area contributed by atoms with Crippen molar-refractivity contribution in [2.75, 3.05) is 68.2 Å². The normalized spacial score (nSPS) is 16.1. The van der Waals surface area contributed by atoms with E-state index in [1.807, 2.05) is 12.1 Å². The van der Waals surface area contributed by atoms with Crippen molar-refractivity contribution in [1.82, 2.24) is 30.2 Å². The van der Waals surface area contributed by atoms with Gasteiger partial charge < -0.3 is 30.7 Å². The smallest absolute Gasteiger partial charge is 0.248 e. The van der Waals surface area contributed by atoms with Gasteiger partial charge in [-0.3, -0.25) is 14.5 Å². The summed E-state index contributed by atoms with van der Waals surface area (Å²) in [4.78, 5) is 44.3. The molecule has 10 rings (SSSR count). The van der Waals surface area contributed by atoms with Gasteiger partial charge in [-0.25, -0.2) is 28.7 Å². The molecular formula is C51H53BrCl3F2N9O4. The first-order valence-electron chi connectivity index (χ1n) is 22.6. The third-order valence-corrected chi connectivity index (χ3v) is 13.7. The van der Waals surface area contributed by atoms with E-state index in [9.17, 15) is 18.4 Å². The van der Waals surface area contributed by atoms with Crippen molar-refractivity contribution in [3.05, 3.63) is 125 Å². The average molecular weight is 1080 g/mol. The Morgan fingerprint density at radius 2 is 1.37 bits per heavy atom. The minimum absolute atomic E-state index is 0. The van der Waals surface area contributed by atoms with Crippen LogP contribution < -0.4 is 30.7 Å². The molecule has 2 aromatic heterocycles. The maximum absolute atomic E-state index is 13.5. The Morgan fingerprint density at radius 3 is 1.89 bits per heavy atom. The Kier molecular flexibility index (Phi) is 17.7. The number of halogens is 6. The second kappa shape index (κ2) is 23.6. The third-order valence-electron chi connectivity index (χ3n) is 12.8. The third kappa shape index (κ3) is 13.5. The zero-order valence-electron chi connectivity index (χ0n) is 38.6. The molecule has 2 saturated carbocycles. The van der Waals surface area contributed by atoms with Crippen molar-refractivity contribution in [2.24, 2.45) is 10.8 Å². The minimum Gasteiger partial charge on any atom is -0.496 e. The number of carbonyl (C=O) groups excluding carboxylic acids is 2. The molecule has 0 atom stereocenters. The summed E-state index contributed by atoms with van der Waals surface area (Å²) in [7, 11) is 3.08. The monoisotopic (exact) mass is 1080 g/mol. The van der Waals surface area contributed by atoms with Gasteiger partial charge in [0.2, 0.25) is 5.91 Å². The number of ether oxygens (including phenoxy) is 2. The standard InChI is InChI=1S/C25H25ClFN5O2.C20H16BrClFN3O2.C6H11N.ClH/c1-34-22-13-20-17(24(29-15-28-20)30-16-4-5-19(27)18(26)11-16)12-21(22)31-23(33)3-2-9-32-10-8-25(14-32)6-7-25;1-28-19-10-18-15(8-12(19)7-14(27)3-2-6-21)20(25-11-24-18)26-13-4-5-17(23)16(22)9-13;1-2-6(1)3-4-7-5-6;/h2-5,11-13,15H,6-10,14H2,1H3,(H,31,33)(H,28,29,30);2-5,8-11H,6-7H2,1H3,(H,24,25,26);7H,1-5H2;1H/b2*3-2+;;. The van der Waals surface area contributed by atoms with E-state index in [1.165, 1.54) is 102 Å². The summed E-state index contributed by atoms with van der Waals surface area (Å²) in [5, 5.41) is 14.5. The molecular weight excluding hydrogens is 1030 g/mol. The highest BCUT2D eigenvalue weighted by atomic mass is 79.9. The predicted octanol–water partition coefficient (Wildman–Crippen LogP) is 11.6. The topological polar surface area (TPSA) is 156 Å². The van der Waals surface area contributed by atoms with E-state index >= 15 is 0 Å². The van der Waals surface area contributed by atoms with Gasteiger partial charge in [-0.2, -0.15) is 0 Å². The lowest BCUT2D eigenvalue weighted by molar-refractivity contribution is -0.114. The van der Waals surface area contributed by atoms with Crippen LogP contribution in [0.3, 0.4) is 0 Å². The zero-order valence-corrected chi connectivity index (χ0v) is 42.5. The first kappa shape index (κ1) is 52.3. The Labute approximate surface area is 429 Å². The van der Waals surface area contributed by atoms with Crippen LogP contribution >= 0.6 is 51.5 Å². The molecule has 4 aromatic carbocycles. The highest BCUT2D eigenvalue weighted by molar-refractivity contribution is 9.09. The highest BCUT2D eigenvalue weighted by Gasteiger charge is 2.47. The van der Waals surface area contributed by atoms with Gasteiger partial charge in [0, 0.05) is 77.3 Å². The number of likely N-dealkylation sites (tertiary alicyclic amines) is 1. The van der Waals surface area contributed by atoms with E-state index in [0.717, 1.165) is 25.0 Å². The van der Waals surface area contributed by atoms with Gasteiger partial charge in [-0.1, -0.05) is 51.3 Å². The molecule has 0 unspecified atom stereocenters. The molecule has 4 heterocycles. The highest BCUT2D eigenvalue weighted by Crippen LogP contribution is 2.52. The SMILES string of the molecule is C1CC2(CC2)CN1.COc1cc2ncnc(Nc3ccc(F)c(Cl)c3)c2cc1CC(=O)/C=C/CBr.COc1cc2ncnc(Nc3ccc(F)c(Cl)c3)c2cc1NC(=O)/C=C/CN1CCC2(CC2)C1.Cl. The summed E-state index contributed by atoms with van der Waals surface area (Å²) in [5.41, 5.74) is 5.05. The number of nitrogens with one attached hydrogen (secondary N) is 4. The lowest BCUT2D eigenvalue weighted by atomic mass is 10.0. The maximum Gasteiger partial charge on any atom is 0.248 e. The Hall–Kier alpha value is -5.49. The summed E-state index contributed by atoms with van der Waals surface area (Å²) < 4.78 is 37.8. The molecule has 2 spiro atoms. The summed E-state index contributed by atoms with van der Waals surface area (Å²) in [6.45, 7) is 5.59. The Morgan fingerprint density at radius 1 is 0.771 bits per heavy atom. The molecule has 368 valence electrons. The minimum atomic E-state index is -0.501. The number of ketones is 1.